The van der Waals surface area contributed by atoms with E-state index in [0.29, 0.717) is 35.2 Å². The molecule has 1 aliphatic rings. The van der Waals surface area contributed by atoms with Gasteiger partial charge in [-0.25, -0.2) is 9.37 Å². The van der Waals surface area contributed by atoms with E-state index in [1.807, 2.05) is 43.8 Å². The lowest BCUT2D eigenvalue weighted by Gasteiger charge is -2.35. The summed E-state index contributed by atoms with van der Waals surface area (Å²) in [6.07, 6.45) is 1.86. The Morgan fingerprint density at radius 1 is 1.19 bits per heavy atom. The molecule has 1 amide bonds. The molecular weight excluding hydrogens is 345 g/mol. The van der Waals surface area contributed by atoms with Crippen molar-refractivity contribution in [1.82, 2.24) is 14.5 Å². The number of morpholine rings is 1. The molecule has 1 aliphatic heterocycles. The van der Waals surface area contributed by atoms with Crippen LogP contribution in [0.5, 0.6) is 0 Å². The summed E-state index contributed by atoms with van der Waals surface area (Å²) in [5, 5.41) is 0.532. The molecule has 0 spiro atoms. The molecule has 1 saturated heterocycles. The minimum atomic E-state index is -0.381. The maximum atomic E-state index is 13.9. The number of carbonyl (C=O) groups excluding carboxylic acids is 1. The third-order valence-electron chi connectivity index (χ3n) is 4.91. The number of fused-ring (bicyclic) bond motifs is 1. The molecule has 2 unspecified atom stereocenters. The average molecular weight is 367 g/mol. The number of nitrogens with zero attached hydrogens (tertiary/aromatic N) is 3. The average Bonchev–Trinajstić information content (AvgIpc) is 3.05. The highest BCUT2D eigenvalue weighted by Gasteiger charge is 2.28. The molecule has 0 N–H and O–H groups in total. The second-order valence-electron chi connectivity index (χ2n) is 7.19. The molecule has 0 saturated carbocycles. The highest BCUT2D eigenvalue weighted by atomic mass is 19.1. The largest absolute Gasteiger partial charge is 0.372 e. The summed E-state index contributed by atoms with van der Waals surface area (Å²) in [6.45, 7) is 4.94. The van der Waals surface area contributed by atoms with E-state index in [1.165, 1.54) is 12.1 Å². The first kappa shape index (κ1) is 17.7. The quantitative estimate of drug-likeness (QED) is 0.695. The molecule has 3 aromatic rings. The van der Waals surface area contributed by atoms with Crippen LogP contribution in [0.2, 0.25) is 0 Å². The fraction of sp³-hybridized carbons (Fsp3) is 0.333. The minimum absolute atomic E-state index is 0.0325. The highest BCUT2D eigenvalue weighted by Crippen LogP contribution is 2.27. The van der Waals surface area contributed by atoms with Gasteiger partial charge in [0.15, 0.2) is 0 Å². The summed E-state index contributed by atoms with van der Waals surface area (Å²) in [7, 11) is 1.93. The fourth-order valence-corrected chi connectivity index (χ4v) is 3.75. The number of hydrogen-bond donors (Lipinski definition) is 0. The van der Waals surface area contributed by atoms with Gasteiger partial charge in [0, 0.05) is 31.7 Å². The number of carbonyl (C=O) groups is 1. The van der Waals surface area contributed by atoms with E-state index in [-0.39, 0.29) is 23.9 Å². The normalized spacial score (nSPS) is 20.2. The Hall–Kier alpha value is -2.73. The molecule has 2 atom stereocenters. The van der Waals surface area contributed by atoms with Gasteiger partial charge < -0.3 is 14.2 Å². The van der Waals surface area contributed by atoms with E-state index >= 15 is 0 Å². The number of halogens is 1. The number of hydrogen-bond acceptors (Lipinski definition) is 3. The maximum absolute atomic E-state index is 13.9. The Kier molecular flexibility index (Phi) is 4.44. The van der Waals surface area contributed by atoms with Gasteiger partial charge in [0.05, 0.1) is 34.7 Å². The predicted molar refractivity (Wildman–Crippen MR) is 102 cm³/mol. The number of ether oxygens (including phenoxy) is 1. The van der Waals surface area contributed by atoms with Gasteiger partial charge in [0.1, 0.15) is 5.82 Å². The van der Waals surface area contributed by atoms with E-state index in [4.69, 9.17) is 4.74 Å². The zero-order valence-corrected chi connectivity index (χ0v) is 15.6. The second kappa shape index (κ2) is 6.78. The molecule has 5 nitrogen and oxygen atoms in total. The molecule has 27 heavy (non-hydrogen) atoms. The van der Waals surface area contributed by atoms with Gasteiger partial charge >= 0.3 is 0 Å². The zero-order valence-electron chi connectivity index (χ0n) is 15.6. The highest BCUT2D eigenvalue weighted by molar-refractivity contribution is 6.07. The molecule has 2 aromatic heterocycles. The predicted octanol–water partition coefficient (Wildman–Crippen LogP) is 3.63. The van der Waals surface area contributed by atoms with Crippen molar-refractivity contribution in [2.75, 3.05) is 13.1 Å². The topological polar surface area (TPSA) is 47.4 Å². The van der Waals surface area contributed by atoms with Crippen LogP contribution in [0, 0.1) is 5.82 Å². The van der Waals surface area contributed by atoms with Gasteiger partial charge in [-0.1, -0.05) is 0 Å². The van der Waals surface area contributed by atoms with E-state index in [2.05, 4.69) is 4.98 Å². The summed E-state index contributed by atoms with van der Waals surface area (Å²) in [6, 6.07) is 10.0. The number of pyridine rings is 1. The van der Waals surface area contributed by atoms with Gasteiger partial charge in [-0.15, -0.1) is 0 Å². The van der Waals surface area contributed by atoms with Gasteiger partial charge in [-0.3, -0.25) is 4.79 Å². The minimum Gasteiger partial charge on any atom is -0.372 e. The Labute approximate surface area is 157 Å². The summed E-state index contributed by atoms with van der Waals surface area (Å²) in [5.41, 5.74) is 2.67. The van der Waals surface area contributed by atoms with Crippen molar-refractivity contribution in [3.8, 4) is 11.4 Å². The van der Waals surface area contributed by atoms with Crippen molar-refractivity contribution in [2.45, 2.75) is 26.1 Å². The summed E-state index contributed by atoms with van der Waals surface area (Å²) in [5.74, 6) is -0.501. The van der Waals surface area contributed by atoms with Gasteiger partial charge in [-0.2, -0.15) is 0 Å². The van der Waals surface area contributed by atoms with Gasteiger partial charge in [0.25, 0.3) is 5.91 Å². The third-order valence-corrected chi connectivity index (χ3v) is 4.91. The Balaban J connectivity index is 1.86. The van der Waals surface area contributed by atoms with Crippen LogP contribution in [0.25, 0.3) is 22.3 Å². The number of rotatable bonds is 2. The number of aryl methyl sites for hydroxylation is 1. The lowest BCUT2D eigenvalue weighted by atomic mass is 10.0. The van der Waals surface area contributed by atoms with Crippen molar-refractivity contribution in [3.63, 3.8) is 0 Å². The molecule has 0 bridgehead atoms. The van der Waals surface area contributed by atoms with Crippen LogP contribution < -0.4 is 0 Å². The van der Waals surface area contributed by atoms with E-state index in [9.17, 15) is 9.18 Å². The van der Waals surface area contributed by atoms with E-state index in [1.54, 1.807) is 17.0 Å². The van der Waals surface area contributed by atoms with Crippen LogP contribution in [0.3, 0.4) is 0 Å². The molecule has 0 radical (unpaired) electrons. The first-order valence-corrected chi connectivity index (χ1v) is 9.09. The van der Waals surface area contributed by atoms with Crippen LogP contribution in [0.1, 0.15) is 24.2 Å². The third kappa shape index (κ3) is 3.32. The van der Waals surface area contributed by atoms with Crippen LogP contribution in [0.15, 0.2) is 42.6 Å². The van der Waals surface area contributed by atoms with Crippen LogP contribution in [-0.2, 0) is 11.8 Å². The lowest BCUT2D eigenvalue weighted by molar-refractivity contribution is -0.0585. The van der Waals surface area contributed by atoms with Crippen molar-refractivity contribution >= 4 is 16.8 Å². The summed E-state index contributed by atoms with van der Waals surface area (Å²) in [4.78, 5) is 19.8. The molecular formula is C21H22FN3O2. The molecule has 140 valence electrons. The number of amides is 1. The fourth-order valence-electron chi connectivity index (χ4n) is 3.75. The molecule has 6 heteroatoms. The first-order valence-electron chi connectivity index (χ1n) is 9.09. The van der Waals surface area contributed by atoms with Crippen molar-refractivity contribution in [2.24, 2.45) is 7.05 Å². The SMILES string of the molecule is CC1CN(C(=O)c2cc(-c3cccn3C)nc3ccc(F)cc23)CC(C)O1. The van der Waals surface area contributed by atoms with Crippen molar-refractivity contribution < 1.29 is 13.9 Å². The van der Waals surface area contributed by atoms with Gasteiger partial charge in [-0.05, 0) is 50.2 Å². The lowest BCUT2D eigenvalue weighted by Crippen LogP contribution is -2.48. The molecule has 1 aromatic carbocycles. The standard InChI is InChI=1S/C21H22FN3O2/c1-13-11-25(12-14(2)27-13)21(26)17-10-19(20-5-4-8-24(20)3)23-18-7-6-15(22)9-16(17)18/h4-10,13-14H,11-12H2,1-3H3. The Morgan fingerprint density at radius 2 is 1.93 bits per heavy atom. The van der Waals surface area contributed by atoms with Crippen LogP contribution >= 0.6 is 0 Å². The van der Waals surface area contributed by atoms with Crippen LogP contribution in [-0.4, -0.2) is 45.7 Å². The Morgan fingerprint density at radius 3 is 2.59 bits per heavy atom. The molecule has 0 aliphatic carbocycles. The molecule has 4 rings (SSSR count). The monoisotopic (exact) mass is 367 g/mol. The van der Waals surface area contributed by atoms with E-state index < -0.39 is 0 Å². The summed E-state index contributed by atoms with van der Waals surface area (Å²) >= 11 is 0. The first-order chi connectivity index (χ1) is 12.9. The molecule has 1 fully saturated rings. The molecule has 3 heterocycles. The van der Waals surface area contributed by atoms with Crippen LogP contribution in [0.4, 0.5) is 4.39 Å². The van der Waals surface area contributed by atoms with E-state index in [0.717, 1.165) is 5.69 Å². The summed E-state index contributed by atoms with van der Waals surface area (Å²) < 4.78 is 21.6. The smallest absolute Gasteiger partial charge is 0.254 e. The van der Waals surface area contributed by atoms with Crippen molar-refractivity contribution in [1.29, 1.82) is 0 Å². The van der Waals surface area contributed by atoms with Crippen molar-refractivity contribution in [3.05, 3.63) is 54.0 Å². The number of aromatic nitrogens is 2. The Bertz CT molecular complexity index is 1000. The van der Waals surface area contributed by atoms with Gasteiger partial charge in [0.2, 0.25) is 0 Å². The zero-order chi connectivity index (χ0) is 19.1. The number of benzene rings is 1. The maximum Gasteiger partial charge on any atom is 0.254 e. The second-order valence-corrected chi connectivity index (χ2v) is 7.19.